The van der Waals surface area contributed by atoms with Gasteiger partial charge in [0.2, 0.25) is 5.90 Å². The first-order chi connectivity index (χ1) is 14.5. The van der Waals surface area contributed by atoms with E-state index >= 15 is 0 Å². The van der Waals surface area contributed by atoms with Crippen LogP contribution in [0, 0.1) is 0 Å². The molecule has 156 valence electrons. The summed E-state index contributed by atoms with van der Waals surface area (Å²) in [6, 6.07) is 10.9. The summed E-state index contributed by atoms with van der Waals surface area (Å²) in [4.78, 5) is 23.6. The fourth-order valence-electron chi connectivity index (χ4n) is 3.21. The zero-order valence-electron chi connectivity index (χ0n) is 16.8. The molecule has 3 rings (SSSR count). The van der Waals surface area contributed by atoms with E-state index in [9.17, 15) is 4.79 Å². The Hall–Kier alpha value is -3.78. The van der Waals surface area contributed by atoms with Crippen LogP contribution in [0.25, 0.3) is 16.6 Å². The molecule has 3 aromatic rings. The smallest absolute Gasteiger partial charge is 0.303 e. The van der Waals surface area contributed by atoms with E-state index < -0.39 is 5.97 Å². The number of aromatic nitrogens is 1. The topological polar surface area (TPSA) is 119 Å². The van der Waals surface area contributed by atoms with Gasteiger partial charge in [0.1, 0.15) is 0 Å². The average Bonchev–Trinajstić information content (AvgIpc) is 3.18. The number of hydrogen-bond acceptors (Lipinski definition) is 6. The van der Waals surface area contributed by atoms with Gasteiger partial charge < -0.3 is 24.4 Å². The summed E-state index contributed by atoms with van der Waals surface area (Å²) in [6.07, 6.45) is 2.29. The number of benzene rings is 2. The zero-order valence-corrected chi connectivity index (χ0v) is 16.8. The lowest BCUT2D eigenvalue weighted by Gasteiger charge is -2.11. The molecule has 2 aromatic carbocycles. The van der Waals surface area contributed by atoms with Gasteiger partial charge in [-0.15, -0.1) is 0 Å². The molecular formula is C22H23N3O5. The quantitative estimate of drug-likeness (QED) is 0.298. The number of aliphatic imine (C=N–C) groups is 1. The Labute approximate surface area is 173 Å². The van der Waals surface area contributed by atoms with Crippen molar-refractivity contribution in [3.63, 3.8) is 0 Å². The summed E-state index contributed by atoms with van der Waals surface area (Å²) in [5.74, 6) is 5.88. The van der Waals surface area contributed by atoms with Gasteiger partial charge in [-0.1, -0.05) is 24.8 Å². The van der Waals surface area contributed by atoms with E-state index in [-0.39, 0.29) is 12.3 Å². The van der Waals surface area contributed by atoms with Crippen molar-refractivity contribution in [1.82, 2.24) is 4.98 Å². The van der Waals surface area contributed by atoms with Crippen LogP contribution in [-0.2, 0) is 16.1 Å². The Morgan fingerprint density at radius 1 is 1.20 bits per heavy atom. The Morgan fingerprint density at radius 3 is 2.63 bits per heavy atom. The number of carboxylic acid groups (broad SMARTS) is 1. The molecule has 0 aliphatic rings. The second kappa shape index (κ2) is 9.15. The predicted molar refractivity (Wildman–Crippen MR) is 115 cm³/mol. The third kappa shape index (κ3) is 4.28. The van der Waals surface area contributed by atoms with Crippen molar-refractivity contribution < 1.29 is 24.2 Å². The Morgan fingerprint density at radius 2 is 1.97 bits per heavy atom. The Kier molecular flexibility index (Phi) is 6.38. The maximum atomic E-state index is 10.9. The van der Waals surface area contributed by atoms with Gasteiger partial charge in [0, 0.05) is 29.1 Å². The lowest BCUT2D eigenvalue weighted by atomic mass is 10.0. The average molecular weight is 409 g/mol. The number of nitrogens with two attached hydrogens (primary N) is 1. The van der Waals surface area contributed by atoms with Gasteiger partial charge in [0.15, 0.2) is 11.5 Å². The number of para-hydroxylation sites is 1. The fourth-order valence-corrected chi connectivity index (χ4v) is 3.21. The molecule has 8 nitrogen and oxygen atoms in total. The molecule has 0 amide bonds. The molecule has 8 heteroatoms. The number of hydrogen-bond donors (Lipinski definition) is 3. The highest BCUT2D eigenvalue weighted by atomic mass is 16.6. The molecule has 0 saturated carbocycles. The van der Waals surface area contributed by atoms with Crippen molar-refractivity contribution in [3.05, 3.63) is 65.9 Å². The normalized spacial score (nSPS) is 11.4. The van der Waals surface area contributed by atoms with E-state index in [1.54, 1.807) is 25.3 Å². The van der Waals surface area contributed by atoms with Crippen molar-refractivity contribution in [2.24, 2.45) is 10.9 Å². The lowest BCUT2D eigenvalue weighted by molar-refractivity contribution is -0.136. The van der Waals surface area contributed by atoms with Crippen molar-refractivity contribution in [2.45, 2.75) is 12.8 Å². The summed E-state index contributed by atoms with van der Waals surface area (Å²) in [7, 11) is 3.09. The number of nitrogens with one attached hydrogen (secondary N) is 1. The van der Waals surface area contributed by atoms with Crippen LogP contribution in [0.2, 0.25) is 0 Å². The largest absolute Gasteiger partial charge is 0.493 e. The molecule has 0 bridgehead atoms. The van der Waals surface area contributed by atoms with Crippen molar-refractivity contribution >= 4 is 28.5 Å². The number of H-pyrrole nitrogens is 1. The SMILES string of the molecule is C=C(/N=C(\ON)c1ccc(OC)c(OC)c1)c1cccc2c(CCC(=O)O)c[nH]c12. The Bertz CT molecular complexity index is 1120. The van der Waals surface area contributed by atoms with E-state index in [4.69, 9.17) is 25.3 Å². The van der Waals surface area contributed by atoms with Crippen LogP contribution in [0.5, 0.6) is 11.5 Å². The minimum absolute atomic E-state index is 0.0563. The second-order valence-electron chi connectivity index (χ2n) is 6.49. The van der Waals surface area contributed by atoms with Gasteiger partial charge in [0.25, 0.3) is 0 Å². The van der Waals surface area contributed by atoms with Crippen LogP contribution in [0.4, 0.5) is 0 Å². The summed E-state index contributed by atoms with van der Waals surface area (Å²) in [5, 5.41) is 9.87. The number of aryl methyl sites for hydroxylation is 1. The number of carbonyl (C=O) groups is 1. The summed E-state index contributed by atoms with van der Waals surface area (Å²) in [6.45, 7) is 4.06. The molecule has 0 spiro atoms. The second-order valence-corrected chi connectivity index (χ2v) is 6.49. The van der Waals surface area contributed by atoms with E-state index in [0.717, 1.165) is 22.0 Å². The van der Waals surface area contributed by atoms with Crippen LogP contribution < -0.4 is 15.4 Å². The number of ether oxygens (including phenoxy) is 2. The molecule has 1 heterocycles. The van der Waals surface area contributed by atoms with Gasteiger partial charge in [0.05, 0.1) is 25.4 Å². The lowest BCUT2D eigenvalue weighted by Crippen LogP contribution is -2.12. The maximum absolute atomic E-state index is 10.9. The van der Waals surface area contributed by atoms with Gasteiger partial charge in [-0.25, -0.2) is 4.99 Å². The molecule has 4 N–H and O–H groups in total. The molecule has 0 saturated heterocycles. The molecule has 0 aliphatic heterocycles. The van der Waals surface area contributed by atoms with Gasteiger partial charge >= 0.3 is 5.97 Å². The third-order valence-electron chi connectivity index (χ3n) is 4.70. The number of rotatable bonds is 8. The molecular weight excluding hydrogens is 386 g/mol. The highest BCUT2D eigenvalue weighted by Gasteiger charge is 2.14. The van der Waals surface area contributed by atoms with Crippen molar-refractivity contribution in [3.8, 4) is 11.5 Å². The highest BCUT2D eigenvalue weighted by Crippen LogP contribution is 2.30. The first-order valence-electron chi connectivity index (χ1n) is 9.16. The Balaban J connectivity index is 1.96. The minimum atomic E-state index is -0.839. The standard InChI is InChI=1S/C22H23N3O5/c1-13(25-22(30-23)14-7-9-18(28-2)19(11-14)29-3)16-5-4-6-17-15(8-10-20(26)27)12-24-21(16)17/h4-7,9,11-12,24H,1,8,10,23H2,2-3H3,(H,26,27)/b25-22-. The highest BCUT2D eigenvalue weighted by molar-refractivity contribution is 6.00. The molecule has 1 aromatic heterocycles. The van der Waals surface area contributed by atoms with Gasteiger partial charge in [-0.3, -0.25) is 4.79 Å². The number of aromatic amines is 1. The third-order valence-corrected chi connectivity index (χ3v) is 4.70. The zero-order chi connectivity index (χ0) is 21.7. The monoisotopic (exact) mass is 409 g/mol. The van der Waals surface area contributed by atoms with E-state index in [1.807, 2.05) is 24.4 Å². The van der Waals surface area contributed by atoms with E-state index in [0.29, 0.717) is 29.2 Å². The number of fused-ring (bicyclic) bond motifs is 1. The van der Waals surface area contributed by atoms with Crippen LogP contribution in [0.1, 0.15) is 23.1 Å². The first kappa shape index (κ1) is 20.9. The number of aliphatic carboxylic acids is 1. The number of nitrogens with zero attached hydrogens (tertiary/aromatic N) is 1. The van der Waals surface area contributed by atoms with Crippen LogP contribution in [0.3, 0.4) is 0 Å². The van der Waals surface area contributed by atoms with Gasteiger partial charge in [-0.05, 0) is 30.2 Å². The number of carboxylic acids is 1. The molecule has 0 unspecified atom stereocenters. The molecule has 0 radical (unpaired) electrons. The van der Waals surface area contributed by atoms with Crippen molar-refractivity contribution in [1.29, 1.82) is 0 Å². The predicted octanol–water partition coefficient (Wildman–Crippen LogP) is 3.51. The number of methoxy groups -OCH3 is 2. The molecule has 0 fully saturated rings. The first-order valence-corrected chi connectivity index (χ1v) is 9.16. The molecule has 0 aliphatic carbocycles. The van der Waals surface area contributed by atoms with Crippen molar-refractivity contribution in [2.75, 3.05) is 14.2 Å². The molecule has 0 atom stereocenters. The minimum Gasteiger partial charge on any atom is -0.493 e. The van der Waals surface area contributed by atoms with Crippen LogP contribution in [0.15, 0.2) is 54.2 Å². The summed E-state index contributed by atoms with van der Waals surface area (Å²) in [5.41, 5.74) is 3.51. The van der Waals surface area contributed by atoms with E-state index in [2.05, 4.69) is 16.6 Å². The maximum Gasteiger partial charge on any atom is 0.303 e. The van der Waals surface area contributed by atoms with E-state index in [1.165, 1.54) is 7.11 Å². The molecule has 30 heavy (non-hydrogen) atoms. The van der Waals surface area contributed by atoms with Crippen LogP contribution in [-0.4, -0.2) is 36.2 Å². The van der Waals surface area contributed by atoms with Crippen LogP contribution >= 0.6 is 0 Å². The summed E-state index contributed by atoms with van der Waals surface area (Å²) < 4.78 is 10.6. The van der Waals surface area contributed by atoms with Gasteiger partial charge in [-0.2, -0.15) is 5.90 Å². The fraction of sp³-hybridized carbons (Fsp3) is 0.182. The summed E-state index contributed by atoms with van der Waals surface area (Å²) >= 11 is 0.